The van der Waals surface area contributed by atoms with Crippen LogP contribution < -0.4 is 11.1 Å². The fourth-order valence-electron chi connectivity index (χ4n) is 2.68. The predicted octanol–water partition coefficient (Wildman–Crippen LogP) is 1.16. The molecule has 2 unspecified atom stereocenters. The third-order valence-electron chi connectivity index (χ3n) is 4.11. The Morgan fingerprint density at radius 2 is 2.20 bits per heavy atom. The molecule has 4 nitrogen and oxygen atoms in total. The van der Waals surface area contributed by atoms with Crippen LogP contribution in [-0.4, -0.2) is 43.0 Å². The van der Waals surface area contributed by atoms with Crippen LogP contribution in [0, 0.1) is 0 Å². The van der Waals surface area contributed by atoms with E-state index in [1.54, 1.807) is 0 Å². The van der Waals surface area contributed by atoms with Crippen molar-refractivity contribution in [1.29, 1.82) is 0 Å². The molecule has 1 aliphatic rings. The van der Waals surface area contributed by atoms with Crippen LogP contribution in [0.4, 0.5) is 0 Å². The summed E-state index contributed by atoms with van der Waals surface area (Å²) in [6.45, 7) is 1.84. The van der Waals surface area contributed by atoms with Crippen LogP contribution >= 0.6 is 0 Å². The zero-order chi connectivity index (χ0) is 14.4. The number of rotatable bonds is 6. The summed E-state index contributed by atoms with van der Waals surface area (Å²) in [7, 11) is 2.11. The van der Waals surface area contributed by atoms with Crippen LogP contribution in [-0.2, 0) is 11.2 Å². The maximum absolute atomic E-state index is 12.0. The first-order valence-corrected chi connectivity index (χ1v) is 7.44. The summed E-state index contributed by atoms with van der Waals surface area (Å²) in [4.78, 5) is 14.3. The molecule has 20 heavy (non-hydrogen) atoms. The largest absolute Gasteiger partial charge is 0.353 e. The van der Waals surface area contributed by atoms with Crippen molar-refractivity contribution in [1.82, 2.24) is 10.2 Å². The molecule has 0 radical (unpaired) electrons. The van der Waals surface area contributed by atoms with E-state index in [0.717, 1.165) is 19.4 Å². The Morgan fingerprint density at radius 1 is 1.45 bits per heavy atom. The number of nitrogens with two attached hydrogens (primary N) is 1. The van der Waals surface area contributed by atoms with E-state index in [2.05, 4.69) is 29.4 Å². The van der Waals surface area contributed by atoms with Crippen molar-refractivity contribution in [3.8, 4) is 0 Å². The standard InChI is InChI=1S/C16H25N3O/c1-19-11-5-8-14(19)12-18-16(20)15(17)10-9-13-6-3-2-4-7-13/h2-4,6-7,14-15H,5,8-12,17H2,1H3,(H,18,20). The maximum atomic E-state index is 12.0. The zero-order valence-corrected chi connectivity index (χ0v) is 12.2. The van der Waals surface area contributed by atoms with Gasteiger partial charge in [-0.3, -0.25) is 4.79 Å². The van der Waals surface area contributed by atoms with E-state index in [4.69, 9.17) is 5.73 Å². The zero-order valence-electron chi connectivity index (χ0n) is 12.2. The number of carbonyl (C=O) groups is 1. The van der Waals surface area contributed by atoms with Crippen molar-refractivity contribution in [2.45, 2.75) is 37.8 Å². The Balaban J connectivity index is 1.69. The molecule has 3 N–H and O–H groups in total. The van der Waals surface area contributed by atoms with Gasteiger partial charge in [-0.25, -0.2) is 0 Å². The van der Waals surface area contributed by atoms with Gasteiger partial charge in [-0.2, -0.15) is 0 Å². The SMILES string of the molecule is CN1CCCC1CNC(=O)C(N)CCc1ccccc1. The number of benzene rings is 1. The fraction of sp³-hybridized carbons (Fsp3) is 0.562. The van der Waals surface area contributed by atoms with Gasteiger partial charge >= 0.3 is 0 Å². The topological polar surface area (TPSA) is 58.4 Å². The summed E-state index contributed by atoms with van der Waals surface area (Å²) in [6, 6.07) is 10.2. The highest BCUT2D eigenvalue weighted by atomic mass is 16.2. The number of amides is 1. The van der Waals surface area contributed by atoms with Gasteiger partial charge in [0.2, 0.25) is 5.91 Å². The molecule has 1 heterocycles. The second kappa shape index (κ2) is 7.41. The first-order chi connectivity index (χ1) is 9.66. The van der Waals surface area contributed by atoms with E-state index < -0.39 is 6.04 Å². The molecule has 0 saturated carbocycles. The first kappa shape index (κ1) is 15.0. The molecule has 4 heteroatoms. The Labute approximate surface area is 121 Å². The molecule has 0 aromatic heterocycles. The highest BCUT2D eigenvalue weighted by Gasteiger charge is 2.22. The number of aryl methyl sites for hydroxylation is 1. The van der Waals surface area contributed by atoms with Crippen molar-refractivity contribution >= 4 is 5.91 Å². The minimum Gasteiger partial charge on any atom is -0.353 e. The molecule has 2 atom stereocenters. The smallest absolute Gasteiger partial charge is 0.236 e. The predicted molar refractivity (Wildman–Crippen MR) is 81.4 cm³/mol. The van der Waals surface area contributed by atoms with Gasteiger partial charge < -0.3 is 16.0 Å². The van der Waals surface area contributed by atoms with Gasteiger partial charge in [-0.1, -0.05) is 30.3 Å². The number of hydrogen-bond acceptors (Lipinski definition) is 3. The van der Waals surface area contributed by atoms with Gasteiger partial charge in [0.15, 0.2) is 0 Å². The number of carbonyl (C=O) groups excluding carboxylic acids is 1. The Kier molecular flexibility index (Phi) is 5.56. The molecule has 1 aliphatic heterocycles. The summed E-state index contributed by atoms with van der Waals surface area (Å²) < 4.78 is 0. The van der Waals surface area contributed by atoms with Gasteiger partial charge in [-0.15, -0.1) is 0 Å². The second-order valence-electron chi connectivity index (χ2n) is 5.65. The van der Waals surface area contributed by atoms with Crippen LogP contribution in [0.15, 0.2) is 30.3 Å². The molecule has 0 bridgehead atoms. The number of nitrogens with one attached hydrogen (secondary N) is 1. The van der Waals surface area contributed by atoms with Crippen LogP contribution in [0.5, 0.6) is 0 Å². The van der Waals surface area contributed by atoms with E-state index in [9.17, 15) is 4.79 Å². The number of likely N-dealkylation sites (N-methyl/N-ethyl adjacent to an activating group) is 1. The second-order valence-corrected chi connectivity index (χ2v) is 5.65. The van der Waals surface area contributed by atoms with E-state index in [1.807, 2.05) is 18.2 Å². The van der Waals surface area contributed by atoms with E-state index >= 15 is 0 Å². The van der Waals surface area contributed by atoms with Gasteiger partial charge in [0, 0.05) is 12.6 Å². The lowest BCUT2D eigenvalue weighted by Crippen LogP contribution is -2.45. The lowest BCUT2D eigenvalue weighted by Gasteiger charge is -2.21. The average molecular weight is 275 g/mol. The number of hydrogen-bond donors (Lipinski definition) is 2. The molecule has 0 spiro atoms. The third kappa shape index (κ3) is 4.32. The maximum Gasteiger partial charge on any atom is 0.236 e. The average Bonchev–Trinajstić information content (AvgIpc) is 2.88. The summed E-state index contributed by atoms with van der Waals surface area (Å²) in [6.07, 6.45) is 3.92. The van der Waals surface area contributed by atoms with E-state index in [0.29, 0.717) is 19.0 Å². The number of nitrogens with zero attached hydrogens (tertiary/aromatic N) is 1. The minimum absolute atomic E-state index is 0.0266. The van der Waals surface area contributed by atoms with Crippen molar-refractivity contribution in [3.05, 3.63) is 35.9 Å². The molecule has 1 amide bonds. The summed E-state index contributed by atoms with van der Waals surface area (Å²) in [5.74, 6) is -0.0266. The monoisotopic (exact) mass is 275 g/mol. The first-order valence-electron chi connectivity index (χ1n) is 7.44. The van der Waals surface area contributed by atoms with Crippen LogP contribution in [0.3, 0.4) is 0 Å². The summed E-state index contributed by atoms with van der Waals surface area (Å²) in [5, 5.41) is 2.99. The van der Waals surface area contributed by atoms with Crippen molar-refractivity contribution in [2.75, 3.05) is 20.1 Å². The summed E-state index contributed by atoms with van der Waals surface area (Å²) >= 11 is 0. The van der Waals surface area contributed by atoms with Gasteiger partial charge in [0.05, 0.1) is 6.04 Å². The van der Waals surface area contributed by atoms with Crippen molar-refractivity contribution in [3.63, 3.8) is 0 Å². The van der Waals surface area contributed by atoms with E-state index in [-0.39, 0.29) is 5.91 Å². The lowest BCUT2D eigenvalue weighted by atomic mass is 10.1. The molecule has 1 saturated heterocycles. The molecule has 2 rings (SSSR count). The highest BCUT2D eigenvalue weighted by Crippen LogP contribution is 2.13. The van der Waals surface area contributed by atoms with Crippen LogP contribution in [0.25, 0.3) is 0 Å². The molecule has 110 valence electrons. The third-order valence-corrected chi connectivity index (χ3v) is 4.11. The van der Waals surface area contributed by atoms with Gasteiger partial charge in [0.25, 0.3) is 0 Å². The molecular weight excluding hydrogens is 250 g/mol. The van der Waals surface area contributed by atoms with Crippen molar-refractivity contribution in [2.24, 2.45) is 5.73 Å². The molecule has 1 aromatic rings. The number of likely N-dealkylation sites (tertiary alicyclic amines) is 1. The van der Waals surface area contributed by atoms with Gasteiger partial charge in [0.1, 0.15) is 0 Å². The van der Waals surface area contributed by atoms with E-state index in [1.165, 1.54) is 12.0 Å². The summed E-state index contributed by atoms with van der Waals surface area (Å²) in [5.41, 5.74) is 7.19. The molecule has 1 fully saturated rings. The lowest BCUT2D eigenvalue weighted by molar-refractivity contribution is -0.122. The highest BCUT2D eigenvalue weighted by molar-refractivity contribution is 5.81. The fourth-order valence-corrected chi connectivity index (χ4v) is 2.68. The van der Waals surface area contributed by atoms with Crippen LogP contribution in [0.2, 0.25) is 0 Å². The Bertz CT molecular complexity index is 421. The minimum atomic E-state index is -0.415. The normalized spacial score (nSPS) is 20.8. The molecule has 1 aromatic carbocycles. The quantitative estimate of drug-likeness (QED) is 0.819. The Hall–Kier alpha value is -1.39. The molecule has 0 aliphatic carbocycles. The van der Waals surface area contributed by atoms with Gasteiger partial charge in [-0.05, 0) is 44.8 Å². The van der Waals surface area contributed by atoms with Crippen molar-refractivity contribution < 1.29 is 4.79 Å². The molecular formula is C16H25N3O. The van der Waals surface area contributed by atoms with Crippen LogP contribution in [0.1, 0.15) is 24.8 Å². The Morgan fingerprint density at radius 3 is 2.85 bits per heavy atom.